The molecule has 1 aliphatic heterocycles. The highest BCUT2D eigenvalue weighted by Gasteiger charge is 2.79. The molecular formula is C36H45F5O6. The lowest BCUT2D eigenvalue weighted by atomic mass is 9.49. The molecule has 0 unspecified atom stereocenters. The summed E-state index contributed by atoms with van der Waals surface area (Å²) in [5.41, 5.74) is -3.38. The number of aliphatic hydroxyl groups excluding tert-OH is 1. The average molecular weight is 669 g/mol. The van der Waals surface area contributed by atoms with Crippen LogP contribution < -0.4 is 0 Å². The first-order valence-corrected chi connectivity index (χ1v) is 16.6. The van der Waals surface area contributed by atoms with Crippen LogP contribution >= 0.6 is 0 Å². The van der Waals surface area contributed by atoms with Crippen molar-refractivity contribution in [2.75, 3.05) is 33.0 Å². The maximum Gasteiger partial charge on any atom is 0.456 e. The highest BCUT2D eigenvalue weighted by molar-refractivity contribution is 5.46. The molecule has 3 N–H and O–H groups in total. The Bertz CT molecular complexity index is 1430. The lowest BCUT2D eigenvalue weighted by molar-refractivity contribution is -0.362. The molecule has 0 bridgehead atoms. The number of alkyl halides is 5. The lowest BCUT2D eigenvalue weighted by Gasteiger charge is -2.59. The summed E-state index contributed by atoms with van der Waals surface area (Å²) in [6.45, 7) is 6.64. The minimum atomic E-state index is -5.91. The van der Waals surface area contributed by atoms with Gasteiger partial charge in [0, 0.05) is 35.2 Å². The van der Waals surface area contributed by atoms with Gasteiger partial charge in [-0.1, -0.05) is 50.3 Å². The largest absolute Gasteiger partial charge is 0.456 e. The third-order valence-corrected chi connectivity index (χ3v) is 11.8. The molecule has 6 atom stereocenters. The van der Waals surface area contributed by atoms with E-state index in [0.29, 0.717) is 50.0 Å². The van der Waals surface area contributed by atoms with Crippen LogP contribution in [0.3, 0.4) is 0 Å². The van der Waals surface area contributed by atoms with Gasteiger partial charge in [-0.2, -0.15) is 22.0 Å². The third kappa shape index (κ3) is 5.65. The molecule has 1 saturated heterocycles. The number of allylic oxidation sites excluding steroid dienone is 1. The second-order valence-corrected chi connectivity index (χ2v) is 15.4. The molecule has 47 heavy (non-hydrogen) atoms. The molecule has 1 aromatic rings. The molecule has 11 heteroatoms. The van der Waals surface area contributed by atoms with E-state index in [1.165, 1.54) is 6.92 Å². The van der Waals surface area contributed by atoms with Crippen molar-refractivity contribution in [3.05, 3.63) is 46.5 Å². The number of hydrogen-bond donors (Lipinski definition) is 3. The van der Waals surface area contributed by atoms with Crippen molar-refractivity contribution in [3.8, 4) is 11.8 Å². The van der Waals surface area contributed by atoms with E-state index in [1.54, 1.807) is 24.3 Å². The van der Waals surface area contributed by atoms with Crippen molar-refractivity contribution in [2.45, 2.75) is 107 Å². The average Bonchev–Trinajstić information content (AvgIpc) is 3.29. The number of hydrogen-bond acceptors (Lipinski definition) is 6. The van der Waals surface area contributed by atoms with Gasteiger partial charge in [0.05, 0.1) is 32.0 Å². The van der Waals surface area contributed by atoms with Gasteiger partial charge in [0.25, 0.3) is 0 Å². The van der Waals surface area contributed by atoms with E-state index < -0.39 is 52.8 Å². The van der Waals surface area contributed by atoms with Gasteiger partial charge in [0.1, 0.15) is 12.2 Å². The van der Waals surface area contributed by atoms with Crippen LogP contribution in [0.1, 0.15) is 89.2 Å². The van der Waals surface area contributed by atoms with Crippen molar-refractivity contribution in [1.82, 2.24) is 0 Å². The summed E-state index contributed by atoms with van der Waals surface area (Å²) in [7, 11) is 0. The topological polar surface area (TPSA) is 88.4 Å². The Labute approximate surface area is 272 Å². The first-order chi connectivity index (χ1) is 21.9. The van der Waals surface area contributed by atoms with Crippen LogP contribution in [0.5, 0.6) is 0 Å². The van der Waals surface area contributed by atoms with Crippen molar-refractivity contribution < 1.29 is 51.5 Å². The monoisotopic (exact) mass is 668 g/mol. The highest BCUT2D eigenvalue weighted by Crippen LogP contribution is 2.71. The van der Waals surface area contributed by atoms with Crippen molar-refractivity contribution in [1.29, 1.82) is 0 Å². The zero-order chi connectivity index (χ0) is 34.1. The van der Waals surface area contributed by atoms with Crippen LogP contribution in [-0.2, 0) is 14.2 Å². The van der Waals surface area contributed by atoms with Crippen LogP contribution in [0.2, 0.25) is 0 Å². The minimum Gasteiger partial charge on any atom is -0.394 e. The Balaban J connectivity index is 1.41. The van der Waals surface area contributed by atoms with Gasteiger partial charge in [-0.05, 0) is 73.6 Å². The number of aliphatic hydroxyl groups is 3. The summed E-state index contributed by atoms with van der Waals surface area (Å²) in [5, 5.41) is 32.7. The maximum atomic E-state index is 15.3. The fraction of sp³-hybridized carbons (Fsp3) is 0.722. The zero-order valence-corrected chi connectivity index (χ0v) is 27.2. The summed E-state index contributed by atoms with van der Waals surface area (Å²) in [4.78, 5) is 0. The Morgan fingerprint density at radius 3 is 2.28 bits per heavy atom. The molecule has 6 nitrogen and oxygen atoms in total. The predicted molar refractivity (Wildman–Crippen MR) is 162 cm³/mol. The van der Waals surface area contributed by atoms with Crippen molar-refractivity contribution in [2.24, 2.45) is 22.7 Å². The molecule has 4 aliphatic carbocycles. The summed E-state index contributed by atoms with van der Waals surface area (Å²) in [6.07, 6.45) is -4.82. The molecule has 1 spiro atoms. The SMILES string of the molecule is CC1(C)COC2(CCC3=C4[C@@H](CC[C@@]3(O)C2)[C@@H]2CC[C@@](O)(C(F)(F)C(F)(F)F)[C@@]2(C)C[C@@H]4c2ccc(C#CCOCCO)cc2)OC1. The van der Waals surface area contributed by atoms with E-state index in [4.69, 9.17) is 19.3 Å². The first-order valence-electron chi connectivity index (χ1n) is 16.6. The van der Waals surface area contributed by atoms with E-state index in [9.17, 15) is 23.4 Å². The van der Waals surface area contributed by atoms with Crippen molar-refractivity contribution >= 4 is 0 Å². The van der Waals surface area contributed by atoms with E-state index in [-0.39, 0.29) is 50.4 Å². The van der Waals surface area contributed by atoms with Gasteiger partial charge in [-0.15, -0.1) is 0 Å². The smallest absolute Gasteiger partial charge is 0.394 e. The number of rotatable bonds is 5. The van der Waals surface area contributed by atoms with Gasteiger partial charge in [-0.3, -0.25) is 0 Å². The van der Waals surface area contributed by atoms with E-state index in [0.717, 1.165) is 11.1 Å². The summed E-state index contributed by atoms with van der Waals surface area (Å²) in [6, 6.07) is 7.15. The molecule has 0 amide bonds. The molecular weight excluding hydrogens is 623 g/mol. The summed E-state index contributed by atoms with van der Waals surface area (Å²) < 4.78 is 90.1. The second-order valence-electron chi connectivity index (χ2n) is 15.4. The van der Waals surface area contributed by atoms with Crippen LogP contribution in [-0.4, -0.2) is 77.4 Å². The Morgan fingerprint density at radius 1 is 0.957 bits per heavy atom. The fourth-order valence-electron chi connectivity index (χ4n) is 9.43. The van der Waals surface area contributed by atoms with Crippen LogP contribution in [0.25, 0.3) is 0 Å². The third-order valence-electron chi connectivity index (χ3n) is 11.8. The molecule has 5 aliphatic rings. The molecule has 0 radical (unpaired) electrons. The maximum absolute atomic E-state index is 15.3. The quantitative estimate of drug-likeness (QED) is 0.149. The molecule has 4 fully saturated rings. The summed E-state index contributed by atoms with van der Waals surface area (Å²) >= 11 is 0. The van der Waals surface area contributed by atoms with Crippen molar-refractivity contribution in [3.63, 3.8) is 0 Å². The van der Waals surface area contributed by atoms with Crippen LogP contribution in [0.4, 0.5) is 22.0 Å². The van der Waals surface area contributed by atoms with Crippen LogP contribution in [0.15, 0.2) is 35.4 Å². The Hall–Kier alpha value is -2.07. The molecule has 260 valence electrons. The van der Waals surface area contributed by atoms with E-state index in [1.807, 2.05) is 13.8 Å². The normalized spacial score (nSPS) is 36.3. The molecule has 1 heterocycles. The molecule has 6 rings (SSSR count). The fourth-order valence-corrected chi connectivity index (χ4v) is 9.43. The minimum absolute atomic E-state index is 0.0311. The van der Waals surface area contributed by atoms with Crippen LogP contribution in [0, 0.1) is 34.5 Å². The summed E-state index contributed by atoms with van der Waals surface area (Å²) in [5.74, 6) is -2.01. The van der Waals surface area contributed by atoms with E-state index >= 15 is 8.78 Å². The number of ether oxygens (including phenoxy) is 3. The molecule has 0 aromatic heterocycles. The van der Waals surface area contributed by atoms with Gasteiger partial charge in [0.2, 0.25) is 0 Å². The molecule has 3 saturated carbocycles. The highest BCUT2D eigenvalue weighted by atomic mass is 19.4. The number of halogens is 5. The number of benzene rings is 1. The standard InChI is InChI=1S/C36H45F5O6/c1-30(2)21-46-33(47-22-30)14-11-28-29-25(10-13-32(28,43)20-33)27-12-15-34(44,35(37,38)36(39,40)41)31(27,3)19-26(29)24-8-6-23(7-9-24)5-4-17-45-18-16-42/h6-9,25-27,42-44H,10-22H2,1-3H3/t25-,26+,27-,31-,32+,34-/m0/s1. The second kappa shape index (κ2) is 11.8. The van der Waals surface area contributed by atoms with Gasteiger partial charge in [-0.25, -0.2) is 0 Å². The Kier molecular flexibility index (Phi) is 8.71. The van der Waals surface area contributed by atoms with Gasteiger partial charge < -0.3 is 29.5 Å². The van der Waals surface area contributed by atoms with E-state index in [2.05, 4.69) is 11.8 Å². The molecule has 1 aromatic carbocycles. The Morgan fingerprint density at radius 2 is 1.64 bits per heavy atom. The number of fused-ring (bicyclic) bond motifs is 4. The first kappa shape index (κ1) is 34.8. The van der Waals surface area contributed by atoms with Gasteiger partial charge in [0.15, 0.2) is 5.79 Å². The predicted octanol–water partition coefficient (Wildman–Crippen LogP) is 6.27. The van der Waals surface area contributed by atoms with Gasteiger partial charge >= 0.3 is 12.1 Å². The lowest BCUT2D eigenvalue weighted by Crippen LogP contribution is -2.65. The zero-order valence-electron chi connectivity index (χ0n) is 27.2.